The average Bonchev–Trinajstić information content (AvgIpc) is 2.94. The third-order valence-electron chi connectivity index (χ3n) is 5.73. The number of nitrogens with zero attached hydrogens (tertiary/aromatic N) is 1. The molecule has 1 aliphatic rings. The van der Waals surface area contributed by atoms with Gasteiger partial charge in [0.15, 0.2) is 6.10 Å². The fraction of sp³-hybridized carbons (Fsp3) is 0.259. The maximum absolute atomic E-state index is 13.7. The molecule has 35 heavy (non-hydrogen) atoms. The Bertz CT molecular complexity index is 1230. The lowest BCUT2D eigenvalue weighted by Crippen LogP contribution is -2.38. The predicted molar refractivity (Wildman–Crippen MR) is 127 cm³/mol. The predicted octanol–water partition coefficient (Wildman–Crippen LogP) is 4.85. The van der Waals surface area contributed by atoms with E-state index in [1.54, 1.807) is 31.4 Å². The standard InChI is InChI=1S/C27H26F2N2O4/c1-3-24-27(33)31(15-18-9-20(28)14-21(29)10-18)16-19-13-22(7-8-25(19)35-24)30-26(32)12-17-5-4-6-23(11-17)34-2/h4-11,13-14,24H,3,12,15-16H2,1-2H3,(H,30,32)/t24-/m1/s1. The van der Waals surface area contributed by atoms with Crippen molar-refractivity contribution in [1.29, 1.82) is 0 Å². The third-order valence-corrected chi connectivity index (χ3v) is 5.73. The van der Waals surface area contributed by atoms with Crippen molar-refractivity contribution in [2.45, 2.75) is 39.0 Å². The quantitative estimate of drug-likeness (QED) is 0.525. The fourth-order valence-corrected chi connectivity index (χ4v) is 4.07. The average molecular weight is 481 g/mol. The SMILES string of the molecule is CC[C@H]1Oc2ccc(NC(=O)Cc3cccc(OC)c3)cc2CN(Cc2cc(F)cc(F)c2)C1=O. The van der Waals surface area contributed by atoms with Gasteiger partial charge >= 0.3 is 0 Å². The largest absolute Gasteiger partial charge is 0.497 e. The first kappa shape index (κ1) is 24.2. The lowest BCUT2D eigenvalue weighted by atomic mass is 10.1. The second-order valence-corrected chi connectivity index (χ2v) is 8.39. The van der Waals surface area contributed by atoms with E-state index in [0.29, 0.717) is 34.7 Å². The van der Waals surface area contributed by atoms with Crippen LogP contribution >= 0.6 is 0 Å². The van der Waals surface area contributed by atoms with E-state index in [1.807, 2.05) is 25.1 Å². The summed E-state index contributed by atoms with van der Waals surface area (Å²) in [6.45, 7) is 2.03. The summed E-state index contributed by atoms with van der Waals surface area (Å²) >= 11 is 0. The molecule has 4 rings (SSSR count). The molecule has 0 saturated carbocycles. The molecule has 182 valence electrons. The number of hydrogen-bond acceptors (Lipinski definition) is 4. The number of methoxy groups -OCH3 is 1. The number of benzene rings is 3. The molecule has 1 atom stereocenters. The number of carbonyl (C=O) groups excluding carboxylic acids is 2. The van der Waals surface area contributed by atoms with Gasteiger partial charge in [0, 0.05) is 30.4 Å². The summed E-state index contributed by atoms with van der Waals surface area (Å²) in [4.78, 5) is 27.2. The number of fused-ring (bicyclic) bond motifs is 1. The molecule has 0 saturated heterocycles. The molecule has 1 heterocycles. The molecule has 8 heteroatoms. The van der Waals surface area contributed by atoms with Crippen molar-refractivity contribution in [1.82, 2.24) is 4.90 Å². The fourth-order valence-electron chi connectivity index (χ4n) is 4.07. The summed E-state index contributed by atoms with van der Waals surface area (Å²) in [5.41, 5.74) is 2.39. The van der Waals surface area contributed by atoms with Crippen molar-refractivity contribution in [2.75, 3.05) is 12.4 Å². The normalized spacial score (nSPS) is 15.1. The van der Waals surface area contributed by atoms with Crippen LogP contribution in [0.15, 0.2) is 60.7 Å². The summed E-state index contributed by atoms with van der Waals surface area (Å²) in [5, 5.41) is 2.88. The van der Waals surface area contributed by atoms with E-state index in [0.717, 1.165) is 11.6 Å². The minimum absolute atomic E-state index is 0.0270. The highest BCUT2D eigenvalue weighted by Gasteiger charge is 2.30. The molecular formula is C27H26F2N2O4. The van der Waals surface area contributed by atoms with Gasteiger partial charge in [0.05, 0.1) is 13.5 Å². The minimum atomic E-state index is -0.719. The Morgan fingerprint density at radius 1 is 1.09 bits per heavy atom. The molecular weight excluding hydrogens is 454 g/mol. The highest BCUT2D eigenvalue weighted by atomic mass is 19.1. The molecule has 1 N–H and O–H groups in total. The van der Waals surface area contributed by atoms with Crippen molar-refractivity contribution in [3.63, 3.8) is 0 Å². The van der Waals surface area contributed by atoms with Crippen LogP contribution in [0.25, 0.3) is 0 Å². The highest BCUT2D eigenvalue weighted by Crippen LogP contribution is 2.30. The van der Waals surface area contributed by atoms with Gasteiger partial charge in [0.25, 0.3) is 5.91 Å². The first-order chi connectivity index (χ1) is 16.8. The zero-order valence-corrected chi connectivity index (χ0v) is 19.5. The van der Waals surface area contributed by atoms with Gasteiger partial charge in [0.2, 0.25) is 5.91 Å². The van der Waals surface area contributed by atoms with Crippen LogP contribution in [0.3, 0.4) is 0 Å². The van der Waals surface area contributed by atoms with E-state index in [2.05, 4.69) is 5.32 Å². The molecule has 3 aromatic carbocycles. The smallest absolute Gasteiger partial charge is 0.264 e. The van der Waals surface area contributed by atoms with Crippen LogP contribution in [-0.4, -0.2) is 29.9 Å². The summed E-state index contributed by atoms with van der Waals surface area (Å²) < 4.78 is 38.5. The van der Waals surface area contributed by atoms with Crippen LogP contribution in [0.2, 0.25) is 0 Å². The second-order valence-electron chi connectivity index (χ2n) is 8.39. The van der Waals surface area contributed by atoms with Gasteiger partial charge in [0.1, 0.15) is 23.1 Å². The van der Waals surface area contributed by atoms with Crippen LogP contribution in [-0.2, 0) is 29.1 Å². The molecule has 0 fully saturated rings. The Morgan fingerprint density at radius 3 is 2.57 bits per heavy atom. The first-order valence-electron chi connectivity index (χ1n) is 11.3. The van der Waals surface area contributed by atoms with Crippen molar-refractivity contribution < 1.29 is 27.8 Å². The molecule has 0 unspecified atom stereocenters. The van der Waals surface area contributed by atoms with Crippen molar-refractivity contribution in [3.05, 3.63) is 89.0 Å². The van der Waals surface area contributed by atoms with E-state index in [9.17, 15) is 18.4 Å². The van der Waals surface area contributed by atoms with Crippen LogP contribution in [0.4, 0.5) is 14.5 Å². The van der Waals surface area contributed by atoms with Crippen LogP contribution in [0.1, 0.15) is 30.0 Å². The Kier molecular flexibility index (Phi) is 7.29. The van der Waals surface area contributed by atoms with E-state index >= 15 is 0 Å². The number of halogens is 2. The van der Waals surface area contributed by atoms with Crippen LogP contribution in [0.5, 0.6) is 11.5 Å². The van der Waals surface area contributed by atoms with Gasteiger partial charge in [-0.25, -0.2) is 8.78 Å². The molecule has 6 nitrogen and oxygen atoms in total. The van der Waals surface area contributed by atoms with Crippen molar-refractivity contribution in [3.8, 4) is 11.5 Å². The third kappa shape index (κ3) is 5.95. The van der Waals surface area contributed by atoms with E-state index in [1.165, 1.54) is 17.0 Å². The molecule has 1 aliphatic heterocycles. The maximum Gasteiger partial charge on any atom is 0.264 e. The lowest BCUT2D eigenvalue weighted by molar-refractivity contribution is -0.139. The van der Waals surface area contributed by atoms with Gasteiger partial charge in [-0.15, -0.1) is 0 Å². The number of nitrogens with one attached hydrogen (secondary N) is 1. The van der Waals surface area contributed by atoms with Gasteiger partial charge in [-0.3, -0.25) is 9.59 Å². The first-order valence-corrected chi connectivity index (χ1v) is 11.3. The number of hydrogen-bond donors (Lipinski definition) is 1. The van der Waals surface area contributed by atoms with E-state index < -0.39 is 17.7 Å². The van der Waals surface area contributed by atoms with Gasteiger partial charge in [-0.2, -0.15) is 0 Å². The maximum atomic E-state index is 13.7. The van der Waals surface area contributed by atoms with Gasteiger partial charge in [-0.05, 0) is 60.0 Å². The molecule has 0 bridgehead atoms. The van der Waals surface area contributed by atoms with E-state index in [4.69, 9.17) is 9.47 Å². The lowest BCUT2D eigenvalue weighted by Gasteiger charge is -2.23. The monoisotopic (exact) mass is 480 g/mol. The summed E-state index contributed by atoms with van der Waals surface area (Å²) in [5.74, 6) is -0.673. The summed E-state index contributed by atoms with van der Waals surface area (Å²) in [6, 6.07) is 15.7. The Hall–Kier alpha value is -3.94. The zero-order valence-electron chi connectivity index (χ0n) is 19.5. The zero-order chi connectivity index (χ0) is 24.9. The Balaban J connectivity index is 1.53. The molecule has 2 amide bonds. The summed E-state index contributed by atoms with van der Waals surface area (Å²) in [6.07, 6.45) is -0.118. The topological polar surface area (TPSA) is 67.9 Å². The van der Waals surface area contributed by atoms with Crippen LogP contribution < -0.4 is 14.8 Å². The molecule has 0 radical (unpaired) electrons. The molecule has 0 aliphatic carbocycles. The molecule has 0 aromatic heterocycles. The second kappa shape index (κ2) is 10.5. The molecule has 3 aromatic rings. The number of ether oxygens (including phenoxy) is 2. The minimum Gasteiger partial charge on any atom is -0.497 e. The van der Waals surface area contributed by atoms with Crippen molar-refractivity contribution in [2.24, 2.45) is 0 Å². The number of anilines is 1. The number of rotatable bonds is 7. The Morgan fingerprint density at radius 2 is 1.86 bits per heavy atom. The number of carbonyl (C=O) groups is 2. The van der Waals surface area contributed by atoms with Gasteiger partial charge < -0.3 is 19.7 Å². The molecule has 0 spiro atoms. The van der Waals surface area contributed by atoms with Crippen molar-refractivity contribution >= 4 is 17.5 Å². The summed E-state index contributed by atoms with van der Waals surface area (Å²) in [7, 11) is 1.57. The highest BCUT2D eigenvalue weighted by molar-refractivity contribution is 5.92. The number of amides is 2. The van der Waals surface area contributed by atoms with Gasteiger partial charge in [-0.1, -0.05) is 19.1 Å². The Labute approximate surface area is 202 Å². The van der Waals surface area contributed by atoms with E-state index in [-0.39, 0.29) is 31.3 Å². The van der Waals surface area contributed by atoms with Crippen LogP contribution in [0, 0.1) is 11.6 Å².